The van der Waals surface area contributed by atoms with Gasteiger partial charge in [0.05, 0.1) is 24.0 Å². The molecule has 0 aliphatic rings. The minimum atomic E-state index is -3.77. The smallest absolute Gasteiger partial charge is 0.307 e. The van der Waals surface area contributed by atoms with Crippen LogP contribution in [0.2, 0.25) is 0 Å². The topological polar surface area (TPSA) is 85.4 Å². The molecule has 0 fully saturated rings. The van der Waals surface area contributed by atoms with Crippen LogP contribution in [-0.4, -0.2) is 26.0 Å². The van der Waals surface area contributed by atoms with Crippen LogP contribution in [0.5, 0.6) is 0 Å². The maximum absolute atomic E-state index is 12.6. The molecular weight excluding hydrogens is 328 g/mol. The van der Waals surface area contributed by atoms with Crippen molar-refractivity contribution in [2.45, 2.75) is 31.2 Å². The predicted octanol–water partition coefficient (Wildman–Crippen LogP) is 2.36. The quantitative estimate of drug-likeness (QED) is 0.777. The monoisotopic (exact) mass is 348 g/mol. The number of sulfonamides is 1. The Kier molecular flexibility index (Phi) is 6.05. The van der Waals surface area contributed by atoms with Gasteiger partial charge in [0.2, 0.25) is 10.0 Å². The minimum Gasteiger partial charge on any atom is -0.466 e. The number of aromatic nitrogens is 1. The lowest BCUT2D eigenvalue weighted by atomic mass is 10.1. The molecule has 1 atom stereocenters. The molecule has 0 saturated heterocycles. The van der Waals surface area contributed by atoms with Crippen LogP contribution in [0.1, 0.15) is 30.5 Å². The van der Waals surface area contributed by atoms with Crippen molar-refractivity contribution in [2.75, 3.05) is 6.61 Å². The summed E-state index contributed by atoms with van der Waals surface area (Å²) < 4.78 is 32.7. The van der Waals surface area contributed by atoms with E-state index in [2.05, 4.69) is 9.71 Å². The third-order valence-electron chi connectivity index (χ3n) is 3.39. The molecule has 1 aromatic heterocycles. The molecule has 7 heteroatoms. The summed E-state index contributed by atoms with van der Waals surface area (Å²) in [4.78, 5) is 15.9. The van der Waals surface area contributed by atoms with Gasteiger partial charge in [-0.3, -0.25) is 9.78 Å². The van der Waals surface area contributed by atoms with Gasteiger partial charge in [0, 0.05) is 12.4 Å². The first-order valence-electron chi connectivity index (χ1n) is 7.57. The zero-order valence-corrected chi connectivity index (χ0v) is 14.4. The standard InChI is InChI=1S/C17H20N2O4S/c1-3-23-17(20)11-16(14-5-4-10-18-12-14)19-24(21,22)15-8-6-13(2)7-9-15/h4-10,12,16,19H,3,11H2,1-2H3. The van der Waals surface area contributed by atoms with Crippen molar-refractivity contribution in [2.24, 2.45) is 0 Å². The molecule has 1 aromatic carbocycles. The largest absolute Gasteiger partial charge is 0.466 e. The van der Waals surface area contributed by atoms with Crippen molar-refractivity contribution in [1.82, 2.24) is 9.71 Å². The van der Waals surface area contributed by atoms with Crippen LogP contribution in [-0.2, 0) is 19.6 Å². The number of aryl methyl sites for hydroxylation is 1. The summed E-state index contributed by atoms with van der Waals surface area (Å²) in [7, 11) is -3.77. The number of benzene rings is 1. The van der Waals surface area contributed by atoms with E-state index < -0.39 is 22.0 Å². The van der Waals surface area contributed by atoms with Crippen molar-refractivity contribution >= 4 is 16.0 Å². The number of ether oxygens (including phenoxy) is 1. The molecule has 0 aliphatic carbocycles. The molecule has 0 aliphatic heterocycles. The second-order valence-electron chi connectivity index (χ2n) is 5.28. The van der Waals surface area contributed by atoms with Gasteiger partial charge < -0.3 is 4.74 Å². The van der Waals surface area contributed by atoms with E-state index in [1.165, 1.54) is 18.3 Å². The zero-order valence-electron chi connectivity index (χ0n) is 13.6. The second kappa shape index (κ2) is 8.03. The minimum absolute atomic E-state index is 0.107. The first-order valence-corrected chi connectivity index (χ1v) is 9.05. The summed E-state index contributed by atoms with van der Waals surface area (Å²) in [6, 6.07) is 9.16. The number of nitrogens with zero attached hydrogens (tertiary/aromatic N) is 1. The number of carbonyl (C=O) groups is 1. The lowest BCUT2D eigenvalue weighted by molar-refractivity contribution is -0.143. The third-order valence-corrected chi connectivity index (χ3v) is 4.88. The molecule has 1 unspecified atom stereocenters. The Morgan fingerprint density at radius 1 is 1.25 bits per heavy atom. The first kappa shape index (κ1) is 18.1. The number of hydrogen-bond acceptors (Lipinski definition) is 5. The van der Waals surface area contributed by atoms with Crippen molar-refractivity contribution < 1.29 is 17.9 Å². The molecule has 0 amide bonds. The molecule has 2 rings (SSSR count). The normalized spacial score (nSPS) is 12.6. The van der Waals surface area contributed by atoms with Gasteiger partial charge in [-0.2, -0.15) is 0 Å². The first-order chi connectivity index (χ1) is 11.4. The average molecular weight is 348 g/mol. The van der Waals surface area contributed by atoms with E-state index in [9.17, 15) is 13.2 Å². The highest BCUT2D eigenvalue weighted by Crippen LogP contribution is 2.20. The summed E-state index contributed by atoms with van der Waals surface area (Å²) in [5.41, 5.74) is 1.56. The van der Waals surface area contributed by atoms with E-state index in [0.717, 1.165) is 5.56 Å². The number of rotatable bonds is 7. The van der Waals surface area contributed by atoms with Gasteiger partial charge in [-0.15, -0.1) is 0 Å². The Labute approximate surface area is 141 Å². The molecule has 24 heavy (non-hydrogen) atoms. The Hall–Kier alpha value is -2.25. The molecule has 6 nitrogen and oxygen atoms in total. The van der Waals surface area contributed by atoms with Crippen LogP contribution in [0.25, 0.3) is 0 Å². The lowest BCUT2D eigenvalue weighted by Gasteiger charge is -2.18. The highest BCUT2D eigenvalue weighted by atomic mass is 32.2. The maximum Gasteiger partial charge on any atom is 0.307 e. The summed E-state index contributed by atoms with van der Waals surface area (Å²) in [6.45, 7) is 3.82. The van der Waals surface area contributed by atoms with Crippen molar-refractivity contribution in [3.63, 3.8) is 0 Å². The summed E-state index contributed by atoms with van der Waals surface area (Å²) in [5.74, 6) is -0.474. The van der Waals surface area contributed by atoms with Gasteiger partial charge in [-0.05, 0) is 37.6 Å². The predicted molar refractivity (Wildman–Crippen MR) is 89.7 cm³/mol. The number of esters is 1. The molecule has 0 saturated carbocycles. The number of nitrogens with one attached hydrogen (secondary N) is 1. The lowest BCUT2D eigenvalue weighted by Crippen LogP contribution is -2.30. The highest BCUT2D eigenvalue weighted by molar-refractivity contribution is 7.89. The molecule has 2 aromatic rings. The Balaban J connectivity index is 2.27. The summed E-state index contributed by atoms with van der Waals surface area (Å²) in [6.07, 6.45) is 3.01. The third kappa shape index (κ3) is 4.87. The Bertz CT molecular complexity index is 774. The molecule has 128 valence electrons. The van der Waals surface area contributed by atoms with Crippen LogP contribution in [0.4, 0.5) is 0 Å². The fourth-order valence-electron chi connectivity index (χ4n) is 2.17. The number of carbonyl (C=O) groups excluding carboxylic acids is 1. The van der Waals surface area contributed by atoms with E-state index in [-0.39, 0.29) is 17.9 Å². The average Bonchev–Trinajstić information content (AvgIpc) is 2.55. The van der Waals surface area contributed by atoms with E-state index in [4.69, 9.17) is 4.74 Å². The molecule has 0 spiro atoms. The fourth-order valence-corrected chi connectivity index (χ4v) is 3.39. The van der Waals surface area contributed by atoms with Crippen LogP contribution in [0, 0.1) is 6.92 Å². The van der Waals surface area contributed by atoms with Gasteiger partial charge >= 0.3 is 5.97 Å². The zero-order chi connectivity index (χ0) is 17.6. The van der Waals surface area contributed by atoms with Crippen LogP contribution in [0.3, 0.4) is 0 Å². The highest BCUT2D eigenvalue weighted by Gasteiger charge is 2.24. The molecule has 1 N–H and O–H groups in total. The van der Waals surface area contributed by atoms with Crippen LogP contribution in [0.15, 0.2) is 53.7 Å². The van der Waals surface area contributed by atoms with E-state index in [1.54, 1.807) is 37.4 Å². The van der Waals surface area contributed by atoms with Crippen molar-refractivity contribution in [3.8, 4) is 0 Å². The maximum atomic E-state index is 12.6. The van der Waals surface area contributed by atoms with Crippen LogP contribution < -0.4 is 4.72 Å². The van der Waals surface area contributed by atoms with E-state index >= 15 is 0 Å². The van der Waals surface area contributed by atoms with Gasteiger partial charge in [0.25, 0.3) is 0 Å². The van der Waals surface area contributed by atoms with Crippen LogP contribution >= 0.6 is 0 Å². The Morgan fingerprint density at radius 3 is 2.54 bits per heavy atom. The van der Waals surface area contributed by atoms with Gasteiger partial charge in [0.15, 0.2) is 0 Å². The number of hydrogen-bond donors (Lipinski definition) is 1. The number of pyridine rings is 1. The molecule has 0 bridgehead atoms. The van der Waals surface area contributed by atoms with E-state index in [0.29, 0.717) is 5.56 Å². The SMILES string of the molecule is CCOC(=O)CC(NS(=O)(=O)c1ccc(C)cc1)c1cccnc1. The van der Waals surface area contributed by atoms with Gasteiger partial charge in [-0.25, -0.2) is 13.1 Å². The van der Waals surface area contributed by atoms with E-state index in [1.807, 2.05) is 6.92 Å². The molecular formula is C17H20N2O4S. The Morgan fingerprint density at radius 2 is 1.96 bits per heavy atom. The van der Waals surface area contributed by atoms with Crippen molar-refractivity contribution in [3.05, 3.63) is 59.9 Å². The summed E-state index contributed by atoms with van der Waals surface area (Å²) >= 11 is 0. The fraction of sp³-hybridized carbons (Fsp3) is 0.294. The summed E-state index contributed by atoms with van der Waals surface area (Å²) in [5, 5.41) is 0. The van der Waals surface area contributed by atoms with Crippen molar-refractivity contribution in [1.29, 1.82) is 0 Å². The second-order valence-corrected chi connectivity index (χ2v) is 7.00. The van der Waals surface area contributed by atoms with Gasteiger partial charge in [-0.1, -0.05) is 23.8 Å². The van der Waals surface area contributed by atoms with Gasteiger partial charge in [0.1, 0.15) is 0 Å². The molecule has 0 radical (unpaired) electrons. The molecule has 1 heterocycles.